The molecule has 104 valence electrons. The summed E-state index contributed by atoms with van der Waals surface area (Å²) in [6.45, 7) is 3.30. The summed E-state index contributed by atoms with van der Waals surface area (Å²) in [7, 11) is 0. The Morgan fingerprint density at radius 2 is 1.83 bits per heavy atom. The molecular weight excluding hydrogens is 226 g/mol. The lowest BCUT2D eigenvalue weighted by Crippen LogP contribution is -2.43. The van der Waals surface area contributed by atoms with Crippen molar-refractivity contribution in [1.82, 2.24) is 4.90 Å². The van der Waals surface area contributed by atoms with Gasteiger partial charge in [0, 0.05) is 6.04 Å². The Morgan fingerprint density at radius 3 is 2.33 bits per heavy atom. The average Bonchev–Trinajstić information content (AvgIpc) is 2.78. The summed E-state index contributed by atoms with van der Waals surface area (Å²) >= 11 is 0. The molecular formula is C15H27NO2. The zero-order valence-electron chi connectivity index (χ0n) is 11.7. The van der Waals surface area contributed by atoms with Gasteiger partial charge in [-0.25, -0.2) is 0 Å². The number of carboxylic acid groups (broad SMARTS) is 1. The van der Waals surface area contributed by atoms with Crippen molar-refractivity contribution in [3.8, 4) is 0 Å². The van der Waals surface area contributed by atoms with Crippen molar-refractivity contribution in [3.05, 3.63) is 0 Å². The Bertz CT molecular complexity index is 274. The minimum absolute atomic E-state index is 0.228. The summed E-state index contributed by atoms with van der Waals surface area (Å²) in [5.41, 5.74) is 0.650. The first kappa shape index (κ1) is 13.9. The molecule has 1 N–H and O–H groups in total. The molecule has 18 heavy (non-hydrogen) atoms. The van der Waals surface area contributed by atoms with E-state index in [1.54, 1.807) is 0 Å². The molecule has 0 unspecified atom stereocenters. The summed E-state index contributed by atoms with van der Waals surface area (Å²) in [5.74, 6) is -0.676. The fourth-order valence-electron chi connectivity index (χ4n) is 4.06. The third-order valence-corrected chi connectivity index (χ3v) is 5.05. The smallest absolute Gasteiger partial charge is 0.317 e. The second-order valence-corrected chi connectivity index (χ2v) is 6.30. The van der Waals surface area contributed by atoms with Gasteiger partial charge in [-0.1, -0.05) is 19.8 Å². The highest BCUT2D eigenvalue weighted by atomic mass is 16.4. The lowest BCUT2D eigenvalue weighted by Gasteiger charge is -2.41. The first-order valence-corrected chi connectivity index (χ1v) is 7.61. The highest BCUT2D eigenvalue weighted by Crippen LogP contribution is 2.49. The molecule has 0 saturated heterocycles. The van der Waals surface area contributed by atoms with Gasteiger partial charge in [-0.2, -0.15) is 0 Å². The SMILES string of the molecule is CCCN(CC(=O)O)C1CCC2(CCCC2)CC1. The maximum absolute atomic E-state index is 10.9. The van der Waals surface area contributed by atoms with Crippen molar-refractivity contribution in [3.63, 3.8) is 0 Å². The molecule has 0 amide bonds. The fourth-order valence-corrected chi connectivity index (χ4v) is 4.06. The van der Waals surface area contributed by atoms with Crippen LogP contribution in [0.1, 0.15) is 64.7 Å². The van der Waals surface area contributed by atoms with Crippen molar-refractivity contribution in [2.75, 3.05) is 13.1 Å². The van der Waals surface area contributed by atoms with Gasteiger partial charge < -0.3 is 5.11 Å². The molecule has 0 aromatic carbocycles. The van der Waals surface area contributed by atoms with E-state index in [4.69, 9.17) is 5.11 Å². The normalized spacial score (nSPS) is 23.9. The first-order valence-electron chi connectivity index (χ1n) is 7.61. The van der Waals surface area contributed by atoms with Crippen molar-refractivity contribution >= 4 is 5.97 Å². The van der Waals surface area contributed by atoms with Crippen LogP contribution in [-0.4, -0.2) is 35.1 Å². The van der Waals surface area contributed by atoms with Gasteiger partial charge in [0.25, 0.3) is 0 Å². The van der Waals surface area contributed by atoms with E-state index in [1.807, 2.05) is 0 Å². The number of carboxylic acids is 1. The van der Waals surface area contributed by atoms with Crippen LogP contribution in [0.4, 0.5) is 0 Å². The van der Waals surface area contributed by atoms with Crippen molar-refractivity contribution < 1.29 is 9.90 Å². The van der Waals surface area contributed by atoms with Crippen LogP contribution < -0.4 is 0 Å². The van der Waals surface area contributed by atoms with Crippen LogP contribution >= 0.6 is 0 Å². The van der Waals surface area contributed by atoms with Gasteiger partial charge in [0.15, 0.2) is 0 Å². The molecule has 3 heteroatoms. The van der Waals surface area contributed by atoms with Crippen LogP contribution in [-0.2, 0) is 4.79 Å². The Balaban J connectivity index is 1.87. The van der Waals surface area contributed by atoms with E-state index in [9.17, 15) is 4.79 Å². The number of aliphatic carboxylic acids is 1. The van der Waals surface area contributed by atoms with Gasteiger partial charge in [-0.3, -0.25) is 9.69 Å². The fraction of sp³-hybridized carbons (Fsp3) is 0.933. The first-order chi connectivity index (χ1) is 8.65. The lowest BCUT2D eigenvalue weighted by molar-refractivity contribution is -0.139. The lowest BCUT2D eigenvalue weighted by atomic mass is 9.71. The highest BCUT2D eigenvalue weighted by molar-refractivity contribution is 5.69. The second kappa shape index (κ2) is 6.05. The van der Waals surface area contributed by atoms with Gasteiger partial charge in [0.05, 0.1) is 6.54 Å². The predicted molar refractivity (Wildman–Crippen MR) is 72.7 cm³/mol. The van der Waals surface area contributed by atoms with Crippen molar-refractivity contribution in [2.45, 2.75) is 70.8 Å². The Hall–Kier alpha value is -0.570. The Kier molecular flexibility index (Phi) is 4.66. The molecule has 2 rings (SSSR count). The van der Waals surface area contributed by atoms with E-state index in [0.717, 1.165) is 13.0 Å². The van der Waals surface area contributed by atoms with E-state index in [1.165, 1.54) is 51.4 Å². The largest absolute Gasteiger partial charge is 0.480 e. The van der Waals surface area contributed by atoms with E-state index in [-0.39, 0.29) is 6.54 Å². The van der Waals surface area contributed by atoms with Gasteiger partial charge in [-0.05, 0) is 56.9 Å². The number of rotatable bonds is 5. The van der Waals surface area contributed by atoms with E-state index < -0.39 is 5.97 Å². The van der Waals surface area contributed by atoms with Crippen LogP contribution in [0.2, 0.25) is 0 Å². The summed E-state index contributed by atoms with van der Waals surface area (Å²) in [6.07, 6.45) is 11.8. The minimum atomic E-state index is -0.676. The average molecular weight is 253 g/mol. The second-order valence-electron chi connectivity index (χ2n) is 6.30. The molecule has 1 spiro atoms. The van der Waals surface area contributed by atoms with Crippen LogP contribution in [0.3, 0.4) is 0 Å². The highest BCUT2D eigenvalue weighted by Gasteiger charge is 2.38. The van der Waals surface area contributed by atoms with Crippen molar-refractivity contribution in [2.24, 2.45) is 5.41 Å². The molecule has 2 saturated carbocycles. The Labute approximate surface area is 111 Å². The number of hydrogen-bond donors (Lipinski definition) is 1. The summed E-state index contributed by atoms with van der Waals surface area (Å²) < 4.78 is 0. The number of carbonyl (C=O) groups is 1. The third kappa shape index (κ3) is 3.25. The molecule has 0 radical (unpaired) electrons. The molecule has 2 fully saturated rings. The molecule has 0 bridgehead atoms. The molecule has 2 aliphatic rings. The standard InChI is InChI=1S/C15H27NO2/c1-2-11-16(12-14(17)18)13-5-9-15(10-6-13)7-3-4-8-15/h13H,2-12H2,1H3,(H,17,18). The van der Waals surface area contributed by atoms with Crippen LogP contribution in [0.15, 0.2) is 0 Å². The topological polar surface area (TPSA) is 40.5 Å². The number of hydrogen-bond acceptors (Lipinski definition) is 2. The minimum Gasteiger partial charge on any atom is -0.480 e. The van der Waals surface area contributed by atoms with Crippen molar-refractivity contribution in [1.29, 1.82) is 0 Å². The summed E-state index contributed by atoms with van der Waals surface area (Å²) in [4.78, 5) is 13.1. The molecule has 3 nitrogen and oxygen atoms in total. The monoisotopic (exact) mass is 253 g/mol. The van der Waals surface area contributed by atoms with Crippen LogP contribution in [0.5, 0.6) is 0 Å². The summed E-state index contributed by atoms with van der Waals surface area (Å²) in [5, 5.41) is 9.00. The van der Waals surface area contributed by atoms with Crippen LogP contribution in [0.25, 0.3) is 0 Å². The Morgan fingerprint density at radius 1 is 1.22 bits per heavy atom. The van der Waals surface area contributed by atoms with Gasteiger partial charge in [0.2, 0.25) is 0 Å². The summed E-state index contributed by atoms with van der Waals surface area (Å²) in [6, 6.07) is 0.521. The molecule has 2 aliphatic carbocycles. The van der Waals surface area contributed by atoms with E-state index in [2.05, 4.69) is 11.8 Å². The van der Waals surface area contributed by atoms with E-state index >= 15 is 0 Å². The molecule has 0 aliphatic heterocycles. The molecule has 0 heterocycles. The third-order valence-electron chi connectivity index (χ3n) is 5.05. The van der Waals surface area contributed by atoms with Gasteiger partial charge in [0.1, 0.15) is 0 Å². The molecule has 0 aromatic heterocycles. The quantitative estimate of drug-likeness (QED) is 0.817. The maximum atomic E-state index is 10.9. The zero-order chi connectivity index (χ0) is 13.0. The van der Waals surface area contributed by atoms with Gasteiger partial charge in [-0.15, -0.1) is 0 Å². The van der Waals surface area contributed by atoms with E-state index in [0.29, 0.717) is 11.5 Å². The predicted octanol–water partition coefficient (Wildman–Crippen LogP) is 3.29. The van der Waals surface area contributed by atoms with Crippen LogP contribution in [0, 0.1) is 5.41 Å². The number of nitrogens with zero attached hydrogens (tertiary/aromatic N) is 1. The maximum Gasteiger partial charge on any atom is 0.317 e. The molecule has 0 aromatic rings. The zero-order valence-corrected chi connectivity index (χ0v) is 11.7. The molecule has 0 atom stereocenters. The van der Waals surface area contributed by atoms with Gasteiger partial charge >= 0.3 is 5.97 Å².